The van der Waals surface area contributed by atoms with Crippen molar-refractivity contribution < 1.29 is 9.47 Å². The summed E-state index contributed by atoms with van der Waals surface area (Å²) in [4.78, 5) is 0. The number of hydrogen-bond acceptors (Lipinski definition) is 2. The minimum atomic E-state index is 0.0858. The van der Waals surface area contributed by atoms with Crippen molar-refractivity contribution in [3.63, 3.8) is 0 Å². The Hall–Kier alpha value is -0.0800. The maximum atomic E-state index is 5.84. The lowest BCUT2D eigenvalue weighted by atomic mass is 9.75. The van der Waals surface area contributed by atoms with Gasteiger partial charge in [-0.3, -0.25) is 0 Å². The molecule has 18 heavy (non-hydrogen) atoms. The molecule has 2 heteroatoms. The van der Waals surface area contributed by atoms with Gasteiger partial charge in [-0.25, -0.2) is 0 Å². The monoisotopic (exact) mass is 254 g/mol. The van der Waals surface area contributed by atoms with Gasteiger partial charge < -0.3 is 9.47 Å². The van der Waals surface area contributed by atoms with E-state index in [1.807, 2.05) is 0 Å². The molecule has 0 atom stereocenters. The van der Waals surface area contributed by atoms with Crippen LogP contribution >= 0.6 is 0 Å². The van der Waals surface area contributed by atoms with Crippen LogP contribution in [0.25, 0.3) is 0 Å². The van der Waals surface area contributed by atoms with Crippen molar-refractivity contribution in [2.24, 2.45) is 17.8 Å². The van der Waals surface area contributed by atoms with E-state index in [2.05, 4.69) is 13.8 Å². The molecule has 1 heterocycles. The SMILES string of the molecule is CCCC1CCC(C2COC(CCC)OC2)CC1. The first kappa shape index (κ1) is 14.3. The van der Waals surface area contributed by atoms with Gasteiger partial charge in [0.1, 0.15) is 0 Å². The van der Waals surface area contributed by atoms with Gasteiger partial charge in [0.15, 0.2) is 6.29 Å². The van der Waals surface area contributed by atoms with Crippen molar-refractivity contribution in [1.29, 1.82) is 0 Å². The van der Waals surface area contributed by atoms with E-state index in [-0.39, 0.29) is 6.29 Å². The van der Waals surface area contributed by atoms with Crippen LogP contribution < -0.4 is 0 Å². The largest absolute Gasteiger partial charge is 0.352 e. The van der Waals surface area contributed by atoms with Crippen molar-refractivity contribution in [1.82, 2.24) is 0 Å². The van der Waals surface area contributed by atoms with Gasteiger partial charge in [0.2, 0.25) is 0 Å². The fourth-order valence-corrected chi connectivity index (χ4v) is 3.59. The maximum absolute atomic E-state index is 5.84. The third kappa shape index (κ3) is 3.96. The Morgan fingerprint density at radius 2 is 1.39 bits per heavy atom. The zero-order valence-electron chi connectivity index (χ0n) is 12.2. The van der Waals surface area contributed by atoms with Crippen LogP contribution in [0.2, 0.25) is 0 Å². The zero-order valence-corrected chi connectivity index (χ0v) is 12.2. The summed E-state index contributed by atoms with van der Waals surface area (Å²) in [5, 5.41) is 0. The van der Waals surface area contributed by atoms with Crippen LogP contribution in [-0.4, -0.2) is 19.5 Å². The van der Waals surface area contributed by atoms with E-state index in [4.69, 9.17) is 9.47 Å². The lowest BCUT2D eigenvalue weighted by molar-refractivity contribution is -0.212. The predicted molar refractivity (Wildman–Crippen MR) is 74.4 cm³/mol. The van der Waals surface area contributed by atoms with Gasteiger partial charge in [0.05, 0.1) is 13.2 Å². The van der Waals surface area contributed by atoms with E-state index in [1.165, 1.54) is 38.5 Å². The first-order chi connectivity index (χ1) is 8.83. The van der Waals surface area contributed by atoms with Crippen molar-refractivity contribution in [2.45, 2.75) is 71.5 Å². The molecule has 0 aromatic carbocycles. The van der Waals surface area contributed by atoms with Crippen molar-refractivity contribution in [2.75, 3.05) is 13.2 Å². The Labute approximate surface area is 112 Å². The van der Waals surface area contributed by atoms with E-state index in [9.17, 15) is 0 Å². The predicted octanol–water partition coefficient (Wildman–Crippen LogP) is 4.38. The molecule has 1 aliphatic heterocycles. The number of rotatable bonds is 5. The van der Waals surface area contributed by atoms with Crippen molar-refractivity contribution in [3.05, 3.63) is 0 Å². The smallest absolute Gasteiger partial charge is 0.157 e. The second-order valence-electron chi connectivity index (χ2n) is 6.21. The molecule has 0 aromatic rings. The molecule has 2 rings (SSSR count). The molecule has 0 bridgehead atoms. The second-order valence-corrected chi connectivity index (χ2v) is 6.21. The minimum absolute atomic E-state index is 0.0858. The first-order valence-electron chi connectivity index (χ1n) is 8.06. The number of ether oxygens (including phenoxy) is 2. The highest BCUT2D eigenvalue weighted by Crippen LogP contribution is 2.37. The molecular weight excluding hydrogens is 224 g/mol. The molecule has 0 spiro atoms. The van der Waals surface area contributed by atoms with Crippen LogP contribution in [0.15, 0.2) is 0 Å². The van der Waals surface area contributed by atoms with Gasteiger partial charge in [0, 0.05) is 5.92 Å². The third-order valence-corrected chi connectivity index (χ3v) is 4.77. The maximum Gasteiger partial charge on any atom is 0.157 e. The highest BCUT2D eigenvalue weighted by molar-refractivity contribution is 4.79. The summed E-state index contributed by atoms with van der Waals surface area (Å²) in [6.45, 7) is 6.37. The summed E-state index contributed by atoms with van der Waals surface area (Å²) in [6, 6.07) is 0. The van der Waals surface area contributed by atoms with Crippen molar-refractivity contribution in [3.8, 4) is 0 Å². The van der Waals surface area contributed by atoms with Crippen LogP contribution in [0.5, 0.6) is 0 Å². The van der Waals surface area contributed by atoms with E-state index >= 15 is 0 Å². The molecule has 0 aromatic heterocycles. The number of hydrogen-bond donors (Lipinski definition) is 0. The van der Waals surface area contributed by atoms with Gasteiger partial charge in [-0.1, -0.05) is 46.0 Å². The fourth-order valence-electron chi connectivity index (χ4n) is 3.59. The molecule has 0 radical (unpaired) electrons. The van der Waals surface area contributed by atoms with Crippen LogP contribution in [0.3, 0.4) is 0 Å². The van der Waals surface area contributed by atoms with E-state index in [0.717, 1.165) is 37.9 Å². The summed E-state index contributed by atoms with van der Waals surface area (Å²) < 4.78 is 11.7. The minimum Gasteiger partial charge on any atom is -0.352 e. The third-order valence-electron chi connectivity index (χ3n) is 4.77. The van der Waals surface area contributed by atoms with Crippen LogP contribution in [-0.2, 0) is 9.47 Å². The Balaban J connectivity index is 1.68. The van der Waals surface area contributed by atoms with Crippen LogP contribution in [0.1, 0.15) is 65.2 Å². The lowest BCUT2D eigenvalue weighted by Gasteiger charge is -2.37. The molecule has 1 aliphatic carbocycles. The van der Waals surface area contributed by atoms with Crippen LogP contribution in [0, 0.1) is 17.8 Å². The molecular formula is C16H30O2. The summed E-state index contributed by atoms with van der Waals surface area (Å²) >= 11 is 0. The van der Waals surface area contributed by atoms with Gasteiger partial charge in [-0.05, 0) is 31.1 Å². The molecule has 0 N–H and O–H groups in total. The molecule has 1 saturated carbocycles. The standard InChI is InChI=1S/C16H30O2/c1-3-5-13-7-9-14(10-8-13)15-11-17-16(6-4-2)18-12-15/h13-16H,3-12H2,1-2H3. The molecule has 2 aliphatic rings. The summed E-state index contributed by atoms with van der Waals surface area (Å²) in [5.74, 6) is 2.53. The molecule has 0 amide bonds. The molecule has 106 valence electrons. The Bertz CT molecular complexity index is 189. The average molecular weight is 254 g/mol. The summed E-state index contributed by atoms with van der Waals surface area (Å²) in [7, 11) is 0. The quantitative estimate of drug-likeness (QED) is 0.724. The average Bonchev–Trinajstić information content (AvgIpc) is 2.41. The molecule has 1 saturated heterocycles. The molecule has 2 nitrogen and oxygen atoms in total. The topological polar surface area (TPSA) is 18.5 Å². The Morgan fingerprint density at radius 3 is 1.94 bits per heavy atom. The van der Waals surface area contributed by atoms with E-state index in [1.54, 1.807) is 0 Å². The van der Waals surface area contributed by atoms with Gasteiger partial charge in [-0.15, -0.1) is 0 Å². The summed E-state index contributed by atoms with van der Waals surface area (Å²) in [5.41, 5.74) is 0. The highest BCUT2D eigenvalue weighted by atomic mass is 16.7. The van der Waals surface area contributed by atoms with E-state index < -0.39 is 0 Å². The fraction of sp³-hybridized carbons (Fsp3) is 1.00. The highest BCUT2D eigenvalue weighted by Gasteiger charge is 2.31. The lowest BCUT2D eigenvalue weighted by Crippen LogP contribution is -2.37. The summed E-state index contributed by atoms with van der Waals surface area (Å²) in [6.07, 6.45) is 10.8. The first-order valence-corrected chi connectivity index (χ1v) is 8.06. The van der Waals surface area contributed by atoms with Crippen molar-refractivity contribution >= 4 is 0 Å². The Morgan fingerprint density at radius 1 is 0.778 bits per heavy atom. The van der Waals surface area contributed by atoms with Gasteiger partial charge in [0.25, 0.3) is 0 Å². The second kappa shape index (κ2) is 7.49. The normalized spacial score (nSPS) is 37.7. The zero-order chi connectivity index (χ0) is 12.8. The van der Waals surface area contributed by atoms with Gasteiger partial charge >= 0.3 is 0 Å². The van der Waals surface area contributed by atoms with Crippen LogP contribution in [0.4, 0.5) is 0 Å². The van der Waals surface area contributed by atoms with E-state index in [0.29, 0.717) is 5.92 Å². The molecule has 2 fully saturated rings. The Kier molecular flexibility index (Phi) is 5.97. The molecule has 0 unspecified atom stereocenters. The van der Waals surface area contributed by atoms with Gasteiger partial charge in [-0.2, -0.15) is 0 Å².